The lowest BCUT2D eigenvalue weighted by atomic mass is 10.2. The second-order valence-electron chi connectivity index (χ2n) is 5.67. The summed E-state index contributed by atoms with van der Waals surface area (Å²) in [6, 6.07) is 12.5. The third-order valence-electron chi connectivity index (χ3n) is 3.99. The molecule has 2 heterocycles. The Labute approximate surface area is 142 Å². The van der Waals surface area contributed by atoms with Gasteiger partial charge in [0.25, 0.3) is 11.5 Å². The molecular formula is C18H15N5O2. The van der Waals surface area contributed by atoms with Crippen molar-refractivity contribution in [2.24, 2.45) is 0 Å². The first-order chi connectivity index (χ1) is 12.2. The van der Waals surface area contributed by atoms with Gasteiger partial charge < -0.3 is 15.3 Å². The third kappa shape index (κ3) is 2.99. The van der Waals surface area contributed by atoms with Gasteiger partial charge in [0.1, 0.15) is 5.82 Å². The number of fused-ring (bicyclic) bond motifs is 2. The Morgan fingerprint density at radius 2 is 2.00 bits per heavy atom. The number of nitrogens with one attached hydrogen (secondary N) is 3. The number of aromatic nitrogens is 4. The number of carbonyl (C=O) groups excluding carboxylic acids is 1. The van der Waals surface area contributed by atoms with E-state index in [2.05, 4.69) is 25.3 Å². The molecule has 2 aromatic carbocycles. The summed E-state index contributed by atoms with van der Waals surface area (Å²) in [6.07, 6.45) is 2.03. The van der Waals surface area contributed by atoms with Gasteiger partial charge in [0.05, 0.1) is 28.3 Å². The lowest BCUT2D eigenvalue weighted by molar-refractivity contribution is 0.0954. The summed E-state index contributed by atoms with van der Waals surface area (Å²) in [5, 5.41) is 3.40. The van der Waals surface area contributed by atoms with Gasteiger partial charge in [0.15, 0.2) is 0 Å². The molecule has 0 bridgehead atoms. The van der Waals surface area contributed by atoms with E-state index in [1.807, 2.05) is 6.07 Å². The Hall–Kier alpha value is -3.48. The molecule has 0 atom stereocenters. The number of amides is 1. The van der Waals surface area contributed by atoms with Crippen LogP contribution in [0.25, 0.3) is 21.9 Å². The molecule has 4 aromatic rings. The van der Waals surface area contributed by atoms with Crippen LogP contribution in [0.2, 0.25) is 0 Å². The van der Waals surface area contributed by atoms with E-state index in [4.69, 9.17) is 0 Å². The summed E-state index contributed by atoms with van der Waals surface area (Å²) >= 11 is 0. The molecule has 0 saturated heterocycles. The molecule has 4 rings (SSSR count). The fraction of sp³-hybridized carbons (Fsp3) is 0.111. The molecule has 0 saturated carbocycles. The van der Waals surface area contributed by atoms with Gasteiger partial charge in [-0.3, -0.25) is 9.59 Å². The number of hydrogen-bond acceptors (Lipinski definition) is 4. The minimum Gasteiger partial charge on any atom is -0.352 e. The highest BCUT2D eigenvalue weighted by Crippen LogP contribution is 2.11. The lowest BCUT2D eigenvalue weighted by Gasteiger charge is -2.06. The van der Waals surface area contributed by atoms with Gasteiger partial charge in [-0.25, -0.2) is 9.97 Å². The number of H-pyrrole nitrogens is 2. The van der Waals surface area contributed by atoms with E-state index in [9.17, 15) is 9.59 Å². The highest BCUT2D eigenvalue weighted by atomic mass is 16.1. The van der Waals surface area contributed by atoms with Crippen LogP contribution in [0.15, 0.2) is 53.6 Å². The molecule has 3 N–H and O–H groups in total. The number of carbonyl (C=O) groups is 1. The molecule has 0 aliphatic heterocycles. The summed E-state index contributed by atoms with van der Waals surface area (Å²) in [5.41, 5.74) is 2.66. The Balaban J connectivity index is 1.45. The first-order valence-corrected chi connectivity index (χ1v) is 7.90. The van der Waals surface area contributed by atoms with Gasteiger partial charge in [-0.15, -0.1) is 0 Å². The molecule has 1 amide bonds. The fourth-order valence-electron chi connectivity index (χ4n) is 2.73. The quantitative estimate of drug-likeness (QED) is 0.529. The smallest absolute Gasteiger partial charge is 0.258 e. The van der Waals surface area contributed by atoms with Crippen molar-refractivity contribution in [3.63, 3.8) is 0 Å². The molecule has 7 nitrogen and oxygen atoms in total. The van der Waals surface area contributed by atoms with Crippen molar-refractivity contribution in [1.82, 2.24) is 25.3 Å². The average molecular weight is 333 g/mol. The van der Waals surface area contributed by atoms with E-state index in [-0.39, 0.29) is 11.5 Å². The molecular weight excluding hydrogens is 318 g/mol. The van der Waals surface area contributed by atoms with Crippen LogP contribution in [0.1, 0.15) is 16.2 Å². The zero-order chi connectivity index (χ0) is 17.2. The predicted octanol–water partition coefficient (Wildman–Crippen LogP) is 1.77. The molecule has 0 radical (unpaired) electrons. The van der Waals surface area contributed by atoms with Crippen LogP contribution in [-0.4, -0.2) is 32.4 Å². The largest absolute Gasteiger partial charge is 0.352 e. The van der Waals surface area contributed by atoms with Crippen molar-refractivity contribution >= 4 is 27.8 Å². The minimum atomic E-state index is -0.181. The number of imidazole rings is 1. The second-order valence-corrected chi connectivity index (χ2v) is 5.67. The normalized spacial score (nSPS) is 11.0. The van der Waals surface area contributed by atoms with Gasteiger partial charge >= 0.3 is 0 Å². The van der Waals surface area contributed by atoms with Gasteiger partial charge in [-0.2, -0.15) is 0 Å². The summed E-state index contributed by atoms with van der Waals surface area (Å²) in [5.74, 6) is 0.368. The number of nitrogens with zero attached hydrogens (tertiary/aromatic N) is 2. The summed E-state index contributed by atoms with van der Waals surface area (Å²) in [7, 11) is 0. The maximum atomic E-state index is 12.2. The van der Waals surface area contributed by atoms with Crippen LogP contribution in [-0.2, 0) is 6.42 Å². The van der Waals surface area contributed by atoms with Crippen molar-refractivity contribution in [2.45, 2.75) is 6.42 Å². The van der Waals surface area contributed by atoms with Crippen LogP contribution >= 0.6 is 0 Å². The zero-order valence-electron chi connectivity index (χ0n) is 13.2. The predicted molar refractivity (Wildman–Crippen MR) is 94.5 cm³/mol. The first-order valence-electron chi connectivity index (χ1n) is 7.90. The van der Waals surface area contributed by atoms with Crippen molar-refractivity contribution in [1.29, 1.82) is 0 Å². The standard InChI is InChI=1S/C18H15N5O2/c24-17(11-5-6-14-15(9-11)21-10-20-14)19-8-7-16-22-13-4-2-1-3-12(13)18(25)23-16/h1-6,9-10H,7-8H2,(H,19,24)(H,20,21)(H,22,23,25). The van der Waals surface area contributed by atoms with Crippen molar-refractivity contribution < 1.29 is 4.79 Å². The lowest BCUT2D eigenvalue weighted by Crippen LogP contribution is -2.26. The highest BCUT2D eigenvalue weighted by molar-refractivity contribution is 5.97. The van der Waals surface area contributed by atoms with Crippen molar-refractivity contribution in [3.8, 4) is 0 Å². The number of aromatic amines is 2. The maximum Gasteiger partial charge on any atom is 0.258 e. The van der Waals surface area contributed by atoms with Crippen LogP contribution in [0, 0.1) is 0 Å². The molecule has 0 spiro atoms. The number of benzene rings is 2. The monoisotopic (exact) mass is 333 g/mol. The third-order valence-corrected chi connectivity index (χ3v) is 3.99. The molecule has 0 aliphatic carbocycles. The van der Waals surface area contributed by atoms with Gasteiger partial charge in [0.2, 0.25) is 0 Å². The Kier molecular flexibility index (Phi) is 3.74. The molecule has 2 aromatic heterocycles. The zero-order valence-corrected chi connectivity index (χ0v) is 13.2. The summed E-state index contributed by atoms with van der Waals surface area (Å²) in [4.78, 5) is 38.5. The van der Waals surface area contributed by atoms with E-state index >= 15 is 0 Å². The van der Waals surface area contributed by atoms with Crippen molar-refractivity contribution in [2.75, 3.05) is 6.54 Å². The molecule has 124 valence electrons. The van der Waals surface area contributed by atoms with Crippen LogP contribution < -0.4 is 10.9 Å². The number of rotatable bonds is 4. The van der Waals surface area contributed by atoms with Crippen LogP contribution in [0.4, 0.5) is 0 Å². The van der Waals surface area contributed by atoms with E-state index in [1.54, 1.807) is 42.7 Å². The molecule has 7 heteroatoms. The van der Waals surface area contributed by atoms with E-state index in [0.717, 1.165) is 11.0 Å². The molecule has 25 heavy (non-hydrogen) atoms. The fourth-order valence-corrected chi connectivity index (χ4v) is 2.73. The van der Waals surface area contributed by atoms with E-state index in [1.165, 1.54) is 0 Å². The first kappa shape index (κ1) is 15.1. The van der Waals surface area contributed by atoms with Gasteiger partial charge in [-0.05, 0) is 30.3 Å². The number of hydrogen-bond donors (Lipinski definition) is 3. The van der Waals surface area contributed by atoms with Crippen molar-refractivity contribution in [3.05, 3.63) is 70.5 Å². The molecule has 0 fully saturated rings. The Morgan fingerprint density at radius 3 is 2.92 bits per heavy atom. The maximum absolute atomic E-state index is 12.2. The average Bonchev–Trinajstić information content (AvgIpc) is 3.09. The summed E-state index contributed by atoms with van der Waals surface area (Å²) < 4.78 is 0. The van der Waals surface area contributed by atoms with Gasteiger partial charge in [0, 0.05) is 18.5 Å². The highest BCUT2D eigenvalue weighted by Gasteiger charge is 2.08. The van der Waals surface area contributed by atoms with Crippen LogP contribution in [0.3, 0.4) is 0 Å². The second kappa shape index (κ2) is 6.20. The minimum absolute atomic E-state index is 0.170. The van der Waals surface area contributed by atoms with Crippen LogP contribution in [0.5, 0.6) is 0 Å². The molecule has 0 unspecified atom stereocenters. The number of para-hydroxylation sites is 1. The summed E-state index contributed by atoms with van der Waals surface area (Å²) in [6.45, 7) is 0.376. The Bertz CT molecular complexity index is 1130. The topological polar surface area (TPSA) is 104 Å². The SMILES string of the molecule is O=C(NCCc1nc2ccccc2c(=O)[nH]1)c1ccc2nc[nH]c2c1. The Morgan fingerprint density at radius 1 is 1.12 bits per heavy atom. The molecule has 0 aliphatic rings. The van der Waals surface area contributed by atoms with E-state index in [0.29, 0.717) is 35.3 Å². The van der Waals surface area contributed by atoms with E-state index < -0.39 is 0 Å². The van der Waals surface area contributed by atoms with Gasteiger partial charge in [-0.1, -0.05) is 12.1 Å².